The number of hydrogen-bond acceptors (Lipinski definition) is 2. The molecule has 1 heterocycles. The van der Waals surface area contributed by atoms with Crippen molar-refractivity contribution < 1.29 is 9.31 Å². The Morgan fingerprint density at radius 2 is 1.30 bits per heavy atom. The van der Waals surface area contributed by atoms with Crippen molar-refractivity contribution in [3.63, 3.8) is 0 Å². The van der Waals surface area contributed by atoms with Gasteiger partial charge < -0.3 is 0 Å². The molecule has 2 nitrogen and oxygen atoms in total. The van der Waals surface area contributed by atoms with Gasteiger partial charge in [0.2, 0.25) is 0 Å². The van der Waals surface area contributed by atoms with E-state index in [0.29, 0.717) is 0 Å². The van der Waals surface area contributed by atoms with E-state index in [1.54, 1.807) is 5.19 Å². The van der Waals surface area contributed by atoms with Crippen LogP contribution in [0, 0.1) is 0 Å². The summed E-state index contributed by atoms with van der Waals surface area (Å²) in [5, 5.41) is 1.56. The first-order valence-electron chi connectivity index (χ1n) is 10.3. The van der Waals surface area contributed by atoms with Gasteiger partial charge in [-0.25, -0.2) is 0 Å². The van der Waals surface area contributed by atoms with Crippen molar-refractivity contribution >= 4 is 52.0 Å². The first-order valence-corrected chi connectivity index (χ1v) is 30.7. The van der Waals surface area contributed by atoms with E-state index in [2.05, 4.69) is 103 Å². The van der Waals surface area contributed by atoms with E-state index in [-0.39, 0.29) is 20.1 Å². The normalized spacial score (nSPS) is 22.6. The average molecular weight is 556 g/mol. The Kier molecular flexibility index (Phi) is 6.39. The van der Waals surface area contributed by atoms with Gasteiger partial charge >= 0.3 is 178 Å². The van der Waals surface area contributed by atoms with Crippen LogP contribution >= 0.6 is 0 Å². The summed E-state index contributed by atoms with van der Waals surface area (Å²) in [6.07, 6.45) is 0. The van der Waals surface area contributed by atoms with Crippen molar-refractivity contribution in [3.8, 4) is 0 Å². The molecule has 1 fully saturated rings. The Bertz CT molecular complexity index is 648. The molecule has 0 bridgehead atoms. The van der Waals surface area contributed by atoms with Gasteiger partial charge in [0.1, 0.15) is 0 Å². The van der Waals surface area contributed by atoms with E-state index in [9.17, 15) is 0 Å². The number of hydrogen-bond donors (Lipinski definition) is 0. The predicted octanol–water partition coefficient (Wildman–Crippen LogP) is 5.73. The average Bonchev–Trinajstić information content (AvgIpc) is 2.64. The van der Waals surface area contributed by atoms with E-state index < -0.39 is 39.7 Å². The predicted molar refractivity (Wildman–Crippen MR) is 129 cm³/mol. The summed E-state index contributed by atoms with van der Waals surface area (Å²) in [6, 6.07) is 11.3. The van der Waals surface area contributed by atoms with E-state index in [1.165, 1.54) is 0 Å². The third-order valence-electron chi connectivity index (χ3n) is 7.45. The fraction of sp³-hybridized carbons (Fsp3) is 0.714. The molecule has 6 heteroatoms. The molecule has 1 saturated heterocycles. The van der Waals surface area contributed by atoms with Crippen LogP contribution in [0.5, 0.6) is 0 Å². The molecule has 0 saturated carbocycles. The molecule has 0 amide bonds. The van der Waals surface area contributed by atoms with Gasteiger partial charge in [-0.1, -0.05) is 0 Å². The molecule has 0 spiro atoms. The summed E-state index contributed by atoms with van der Waals surface area (Å²) >= 11 is -4.88. The monoisotopic (exact) mass is 558 g/mol. The first-order chi connectivity index (χ1) is 11.9. The van der Waals surface area contributed by atoms with Gasteiger partial charge in [-0.3, -0.25) is 0 Å². The second-order valence-electron chi connectivity index (χ2n) is 11.9. The molecule has 1 aromatic rings. The number of benzene rings is 1. The molecule has 1 unspecified atom stereocenters. The van der Waals surface area contributed by atoms with Crippen LogP contribution in [-0.2, 0) is 9.31 Å². The maximum atomic E-state index is 6.90. The van der Waals surface area contributed by atoms with Crippen LogP contribution in [-0.4, -0.2) is 58.0 Å². The maximum absolute atomic E-state index is 6.90. The molecule has 0 radical (unpaired) electrons. The van der Waals surface area contributed by atoms with Crippen molar-refractivity contribution in [2.75, 3.05) is 0 Å². The SMILES string of the molecule is CC1(C)OB([C]([Si](C)(C)c2ccccc2)([Ge]([CH3])([CH3])[CH3])[Sn]([CH3])([CH3])[CH3])OC1(C)C. The fourth-order valence-electron chi connectivity index (χ4n) is 6.10. The molecule has 1 aliphatic heterocycles. The van der Waals surface area contributed by atoms with Crippen molar-refractivity contribution in [1.82, 2.24) is 0 Å². The van der Waals surface area contributed by atoms with Crippen molar-refractivity contribution in [2.24, 2.45) is 0 Å². The van der Waals surface area contributed by atoms with E-state index in [1.807, 2.05) is 0 Å². The van der Waals surface area contributed by atoms with Gasteiger partial charge in [-0.15, -0.1) is 0 Å². The molecule has 1 atom stereocenters. The Labute approximate surface area is 176 Å². The third kappa shape index (κ3) is 3.68. The zero-order valence-corrected chi connectivity index (χ0v) is 25.7. The van der Waals surface area contributed by atoms with Crippen LogP contribution in [0.15, 0.2) is 30.3 Å². The molecule has 0 N–H and O–H groups in total. The van der Waals surface area contributed by atoms with E-state index in [0.717, 1.165) is 0 Å². The van der Waals surface area contributed by atoms with Crippen LogP contribution in [0.1, 0.15) is 27.7 Å². The zero-order chi connectivity index (χ0) is 21.1. The summed E-state index contributed by atoms with van der Waals surface area (Å²) in [5.74, 6) is 7.85. The standard InChI is InChI=1S/C18H32BGeO2Si.3CH3.Sn/c1-17(2)18(3,4)22-19(21-17)16(20(5,6)7)23(8,9)15-13-11-10-12-14-15;;;;/h10-14H,1-9H3;3*1H3;. The minimum absolute atomic E-state index is 0.0693. The van der Waals surface area contributed by atoms with Crippen LogP contribution in [0.3, 0.4) is 0 Å². The second-order valence-corrected chi connectivity index (χ2v) is 48.2. The third-order valence-corrected chi connectivity index (χ3v) is 64.2. The van der Waals surface area contributed by atoms with Crippen molar-refractivity contribution in [3.05, 3.63) is 30.3 Å². The van der Waals surface area contributed by atoms with Gasteiger partial charge in [0.25, 0.3) is 0 Å². The quantitative estimate of drug-likeness (QED) is 0.432. The van der Waals surface area contributed by atoms with Gasteiger partial charge in [0.05, 0.1) is 0 Å². The van der Waals surface area contributed by atoms with Crippen molar-refractivity contribution in [2.45, 2.75) is 85.9 Å². The summed E-state index contributed by atoms with van der Waals surface area (Å²) in [7, 11) is -1.96. The van der Waals surface area contributed by atoms with Crippen LogP contribution in [0.25, 0.3) is 0 Å². The first kappa shape index (κ1) is 24.0. The Hall–Kier alpha value is 0.763. The molecule has 2 rings (SSSR count). The van der Waals surface area contributed by atoms with Gasteiger partial charge in [-0.2, -0.15) is 0 Å². The van der Waals surface area contributed by atoms with Crippen LogP contribution in [0.2, 0.25) is 47.0 Å². The summed E-state index contributed by atoms with van der Waals surface area (Å²) in [5.41, 5.74) is -0.538. The van der Waals surface area contributed by atoms with Crippen LogP contribution < -0.4 is 5.19 Å². The molecule has 1 aromatic carbocycles. The van der Waals surface area contributed by atoms with E-state index in [4.69, 9.17) is 9.31 Å². The van der Waals surface area contributed by atoms with Crippen LogP contribution in [0.4, 0.5) is 0 Å². The zero-order valence-electron chi connectivity index (χ0n) is 19.8. The number of rotatable bonds is 5. The molecule has 1 aliphatic rings. The molecule has 0 aliphatic carbocycles. The molecule has 27 heavy (non-hydrogen) atoms. The molecular weight excluding hydrogens is 514 g/mol. The van der Waals surface area contributed by atoms with Crippen molar-refractivity contribution in [1.29, 1.82) is 0 Å². The fourth-order valence-corrected chi connectivity index (χ4v) is 84.2. The summed E-state index contributed by atoms with van der Waals surface area (Å²) in [6.45, 7) is 14.1. The van der Waals surface area contributed by atoms with Gasteiger partial charge in [-0.05, 0) is 0 Å². The topological polar surface area (TPSA) is 18.5 Å². The summed E-state index contributed by atoms with van der Waals surface area (Å²) < 4.78 is 14.1. The van der Waals surface area contributed by atoms with Gasteiger partial charge in [0, 0.05) is 0 Å². The second kappa shape index (κ2) is 7.17. The van der Waals surface area contributed by atoms with Gasteiger partial charge in [0.15, 0.2) is 0 Å². The molecule has 152 valence electrons. The summed E-state index contributed by atoms with van der Waals surface area (Å²) in [4.78, 5) is 7.90. The van der Waals surface area contributed by atoms with E-state index >= 15 is 0 Å². The Balaban J connectivity index is 2.82. The Morgan fingerprint density at radius 1 is 0.889 bits per heavy atom. The molecular formula is C21H41BGeO2SiSn. The Morgan fingerprint density at radius 3 is 1.63 bits per heavy atom. The minimum atomic E-state index is -2.59. The molecule has 0 aromatic heterocycles.